The Balaban J connectivity index is 2.37. The number of hydrogen-bond acceptors (Lipinski definition) is 5. The first-order valence-corrected chi connectivity index (χ1v) is 6.48. The normalized spacial score (nSPS) is 10.7. The highest BCUT2D eigenvalue weighted by Crippen LogP contribution is 2.23. The molecule has 106 valence electrons. The molecule has 0 atom stereocenters. The van der Waals surface area contributed by atoms with Crippen LogP contribution in [0, 0.1) is 0 Å². The van der Waals surface area contributed by atoms with E-state index in [0.29, 0.717) is 25.6 Å². The number of fused-ring (bicyclic) bond motifs is 1. The van der Waals surface area contributed by atoms with Gasteiger partial charge in [0, 0.05) is 12.7 Å². The van der Waals surface area contributed by atoms with Crippen molar-refractivity contribution in [1.29, 1.82) is 0 Å². The van der Waals surface area contributed by atoms with Crippen molar-refractivity contribution in [1.82, 2.24) is 0 Å². The number of ether oxygens (including phenoxy) is 2. The van der Waals surface area contributed by atoms with Gasteiger partial charge >= 0.3 is 0 Å². The summed E-state index contributed by atoms with van der Waals surface area (Å²) in [6.45, 7) is 3.23. The molecule has 0 aliphatic heterocycles. The molecule has 0 fully saturated rings. The molecule has 0 aliphatic rings. The average molecular weight is 297 g/mol. The van der Waals surface area contributed by atoms with Crippen LogP contribution in [0.5, 0.6) is 5.75 Å². The van der Waals surface area contributed by atoms with E-state index in [9.17, 15) is 9.59 Å². The van der Waals surface area contributed by atoms with Gasteiger partial charge in [0.2, 0.25) is 0 Å². The quantitative estimate of drug-likeness (QED) is 0.605. The monoisotopic (exact) mass is 296 g/mol. The van der Waals surface area contributed by atoms with Crippen LogP contribution in [0.4, 0.5) is 0 Å². The van der Waals surface area contributed by atoms with E-state index >= 15 is 0 Å². The number of rotatable bonds is 6. The number of carbonyl (C=O) groups excluding carboxylic acids is 1. The van der Waals surface area contributed by atoms with Crippen LogP contribution in [0.2, 0.25) is 0 Å². The lowest BCUT2D eigenvalue weighted by Crippen LogP contribution is -2.10. The third-order valence-corrected chi connectivity index (χ3v) is 2.79. The molecule has 2 aromatic rings. The summed E-state index contributed by atoms with van der Waals surface area (Å²) < 4.78 is 15.9. The zero-order valence-electron chi connectivity index (χ0n) is 10.8. The Morgan fingerprint density at radius 2 is 2.15 bits per heavy atom. The Morgan fingerprint density at radius 1 is 1.35 bits per heavy atom. The van der Waals surface area contributed by atoms with Gasteiger partial charge in [0.05, 0.1) is 6.61 Å². The molecule has 6 heteroatoms. The van der Waals surface area contributed by atoms with Crippen LogP contribution < -0.4 is 10.2 Å². The topological polar surface area (TPSA) is 65.7 Å². The molecule has 0 amide bonds. The van der Waals surface area contributed by atoms with Gasteiger partial charge in [-0.25, -0.2) is 0 Å². The maximum atomic E-state index is 12.0. The Kier molecular flexibility index (Phi) is 4.76. The van der Waals surface area contributed by atoms with Crippen molar-refractivity contribution < 1.29 is 18.7 Å². The first kappa shape index (κ1) is 14.6. The molecule has 0 N–H and O–H groups in total. The molecule has 1 heterocycles. The highest BCUT2D eigenvalue weighted by molar-refractivity contribution is 6.67. The fourth-order valence-electron chi connectivity index (χ4n) is 1.75. The van der Waals surface area contributed by atoms with E-state index in [0.717, 1.165) is 6.07 Å². The van der Waals surface area contributed by atoms with Crippen molar-refractivity contribution in [3.63, 3.8) is 0 Å². The second-order valence-corrected chi connectivity index (χ2v) is 4.27. The smallest absolute Gasteiger partial charge is 0.287 e. The van der Waals surface area contributed by atoms with Gasteiger partial charge in [-0.15, -0.1) is 0 Å². The van der Waals surface area contributed by atoms with Crippen LogP contribution in [0.25, 0.3) is 11.0 Å². The third kappa shape index (κ3) is 3.18. The lowest BCUT2D eigenvalue weighted by molar-refractivity contribution is 0.105. The Morgan fingerprint density at radius 3 is 2.85 bits per heavy atom. The second kappa shape index (κ2) is 6.54. The van der Waals surface area contributed by atoms with Crippen molar-refractivity contribution >= 4 is 27.8 Å². The summed E-state index contributed by atoms with van der Waals surface area (Å²) in [6, 6.07) is 5.97. The predicted molar refractivity (Wildman–Crippen MR) is 74.7 cm³/mol. The summed E-state index contributed by atoms with van der Waals surface area (Å²) in [5.41, 5.74) is -0.113. The fourth-order valence-corrected chi connectivity index (χ4v) is 1.84. The zero-order chi connectivity index (χ0) is 14.5. The molecule has 0 unspecified atom stereocenters. The molecule has 20 heavy (non-hydrogen) atoms. The molecule has 0 spiro atoms. The highest BCUT2D eigenvalue weighted by atomic mass is 35.5. The Hall–Kier alpha value is -1.85. The lowest BCUT2D eigenvalue weighted by atomic mass is 10.2. The first-order valence-electron chi connectivity index (χ1n) is 6.10. The van der Waals surface area contributed by atoms with Crippen molar-refractivity contribution in [2.75, 3.05) is 19.8 Å². The zero-order valence-corrected chi connectivity index (χ0v) is 11.6. The minimum Gasteiger partial charge on any atom is -0.490 e. The second-order valence-electron chi connectivity index (χ2n) is 3.92. The van der Waals surface area contributed by atoms with E-state index in [1.165, 1.54) is 0 Å². The molecular weight excluding hydrogens is 284 g/mol. The van der Waals surface area contributed by atoms with Gasteiger partial charge in [-0.1, -0.05) is 6.07 Å². The van der Waals surface area contributed by atoms with Crippen molar-refractivity contribution in [2.24, 2.45) is 0 Å². The highest BCUT2D eigenvalue weighted by Gasteiger charge is 2.13. The Bertz CT molecular complexity index is 677. The summed E-state index contributed by atoms with van der Waals surface area (Å²) in [6.07, 6.45) is 0. The van der Waals surface area contributed by atoms with E-state index in [1.54, 1.807) is 18.2 Å². The molecule has 0 radical (unpaired) electrons. The van der Waals surface area contributed by atoms with E-state index in [4.69, 9.17) is 25.5 Å². The van der Waals surface area contributed by atoms with Crippen LogP contribution >= 0.6 is 11.6 Å². The summed E-state index contributed by atoms with van der Waals surface area (Å²) in [4.78, 5) is 23.1. The van der Waals surface area contributed by atoms with Gasteiger partial charge in [0.1, 0.15) is 23.3 Å². The number of benzene rings is 1. The van der Waals surface area contributed by atoms with Gasteiger partial charge in [-0.2, -0.15) is 0 Å². The summed E-state index contributed by atoms with van der Waals surface area (Å²) >= 11 is 5.31. The minimum atomic E-state index is -0.813. The fraction of sp³-hybridized carbons (Fsp3) is 0.286. The van der Waals surface area contributed by atoms with Gasteiger partial charge in [-0.3, -0.25) is 9.59 Å². The molecule has 1 aromatic heterocycles. The summed E-state index contributed by atoms with van der Waals surface area (Å²) in [7, 11) is 0. The minimum absolute atomic E-state index is 0.185. The molecule has 0 saturated carbocycles. The predicted octanol–water partition coefficient (Wildman–Crippen LogP) is 2.59. The van der Waals surface area contributed by atoms with Crippen LogP contribution in [-0.4, -0.2) is 25.1 Å². The van der Waals surface area contributed by atoms with Gasteiger partial charge in [-0.05, 0) is 30.7 Å². The number of halogens is 1. The van der Waals surface area contributed by atoms with Crippen molar-refractivity contribution in [2.45, 2.75) is 6.92 Å². The molecule has 0 saturated heterocycles. The largest absolute Gasteiger partial charge is 0.490 e. The van der Waals surface area contributed by atoms with E-state index in [1.807, 2.05) is 6.92 Å². The molecule has 5 nitrogen and oxygen atoms in total. The van der Waals surface area contributed by atoms with E-state index in [-0.39, 0.29) is 22.2 Å². The number of hydrogen-bond donors (Lipinski definition) is 0. The van der Waals surface area contributed by atoms with Crippen molar-refractivity contribution in [3.8, 4) is 5.75 Å². The maximum absolute atomic E-state index is 12.0. The summed E-state index contributed by atoms with van der Waals surface area (Å²) in [5, 5.41) is -0.530. The summed E-state index contributed by atoms with van der Waals surface area (Å²) in [5.74, 6) is 0.208. The molecular formula is C14H13ClO5. The lowest BCUT2D eigenvalue weighted by Gasteiger charge is -2.08. The first-order chi connectivity index (χ1) is 9.63. The Labute approximate surface area is 120 Å². The SMILES string of the molecule is CCOCCOc1cccc2oc(C(=O)Cl)cc(=O)c12. The molecule has 0 bridgehead atoms. The van der Waals surface area contributed by atoms with Gasteiger partial charge < -0.3 is 13.9 Å². The van der Waals surface area contributed by atoms with E-state index < -0.39 is 5.24 Å². The molecule has 1 aromatic carbocycles. The standard InChI is InChI=1S/C14H13ClO5/c1-2-18-6-7-19-10-4-3-5-11-13(10)9(16)8-12(20-11)14(15)17/h3-5,8H,2,6-7H2,1H3. The maximum Gasteiger partial charge on any atom is 0.287 e. The number of carbonyl (C=O) groups is 1. The van der Waals surface area contributed by atoms with E-state index in [2.05, 4.69) is 0 Å². The van der Waals surface area contributed by atoms with Crippen LogP contribution in [0.3, 0.4) is 0 Å². The average Bonchev–Trinajstić information content (AvgIpc) is 2.43. The van der Waals surface area contributed by atoms with Crippen molar-refractivity contribution in [3.05, 3.63) is 40.2 Å². The molecule has 2 rings (SSSR count). The molecule has 0 aliphatic carbocycles. The van der Waals surface area contributed by atoms with Crippen LogP contribution in [-0.2, 0) is 4.74 Å². The van der Waals surface area contributed by atoms with Crippen LogP contribution in [0.15, 0.2) is 33.5 Å². The van der Waals surface area contributed by atoms with Gasteiger partial charge in [0.25, 0.3) is 5.24 Å². The van der Waals surface area contributed by atoms with Crippen LogP contribution in [0.1, 0.15) is 17.5 Å². The third-order valence-electron chi connectivity index (χ3n) is 2.60. The van der Waals surface area contributed by atoms with Gasteiger partial charge in [0.15, 0.2) is 11.2 Å².